The van der Waals surface area contributed by atoms with Gasteiger partial charge in [0, 0.05) is 24.8 Å². The van der Waals surface area contributed by atoms with Gasteiger partial charge in [0.05, 0.1) is 31.6 Å². The van der Waals surface area contributed by atoms with E-state index < -0.39 is 18.0 Å². The summed E-state index contributed by atoms with van der Waals surface area (Å²) in [6.45, 7) is 4.69. The van der Waals surface area contributed by atoms with Gasteiger partial charge in [-0.25, -0.2) is 9.78 Å². The Hall–Kier alpha value is -3.91. The normalized spacial score (nSPS) is 14.2. The second-order valence-corrected chi connectivity index (χ2v) is 7.89. The van der Waals surface area contributed by atoms with Crippen molar-refractivity contribution in [2.24, 2.45) is 0 Å². The van der Waals surface area contributed by atoms with Crippen LogP contribution in [0.2, 0.25) is 0 Å². The van der Waals surface area contributed by atoms with E-state index in [4.69, 9.17) is 14.2 Å². The van der Waals surface area contributed by atoms with Crippen molar-refractivity contribution >= 4 is 23.4 Å². The number of rotatable bonds is 7. The maximum absolute atomic E-state index is 13.2. The molecule has 1 atom stereocenters. The third kappa shape index (κ3) is 5.52. The summed E-state index contributed by atoms with van der Waals surface area (Å²) in [5.74, 6) is 0.159. The lowest BCUT2D eigenvalue weighted by molar-refractivity contribution is -0.125. The van der Waals surface area contributed by atoms with E-state index in [9.17, 15) is 9.59 Å². The van der Waals surface area contributed by atoms with Gasteiger partial charge in [-0.2, -0.15) is 0 Å². The Morgan fingerprint density at radius 2 is 1.82 bits per heavy atom. The third-order valence-electron chi connectivity index (χ3n) is 5.50. The van der Waals surface area contributed by atoms with Crippen molar-refractivity contribution in [3.63, 3.8) is 0 Å². The Balaban J connectivity index is 1.53. The first-order valence-electron chi connectivity index (χ1n) is 11.1. The van der Waals surface area contributed by atoms with Gasteiger partial charge < -0.3 is 24.4 Å². The molecule has 1 fully saturated rings. The van der Waals surface area contributed by atoms with Crippen molar-refractivity contribution in [3.05, 3.63) is 83.6 Å². The molecule has 1 aliphatic rings. The molecule has 2 aromatic carbocycles. The smallest absolute Gasteiger partial charge is 0.340 e. The minimum absolute atomic E-state index is 0.263. The molecule has 1 saturated heterocycles. The maximum atomic E-state index is 13.2. The van der Waals surface area contributed by atoms with E-state index in [1.165, 1.54) is 13.3 Å². The second kappa shape index (κ2) is 10.8. The highest BCUT2D eigenvalue weighted by atomic mass is 16.5. The number of pyridine rings is 1. The monoisotopic (exact) mass is 461 g/mol. The first kappa shape index (κ1) is 23.3. The predicted octanol–water partition coefficient (Wildman–Crippen LogP) is 3.77. The number of methoxy groups -OCH3 is 1. The molecule has 1 N–H and O–H groups in total. The standard InChI is InChI=1S/C26H27N3O5/c1-18-8-10-22(32-2)21(16-18)28-25(30)24(19-6-4-3-5-7-19)34-26(31)20-9-11-23(27-17-20)29-12-14-33-15-13-29/h3-11,16-17,24H,12-15H2,1-2H3,(H,28,30). The van der Waals surface area contributed by atoms with Gasteiger partial charge in [0.2, 0.25) is 6.10 Å². The number of ether oxygens (including phenoxy) is 3. The van der Waals surface area contributed by atoms with Crippen molar-refractivity contribution < 1.29 is 23.8 Å². The lowest BCUT2D eigenvalue weighted by Crippen LogP contribution is -2.36. The van der Waals surface area contributed by atoms with Gasteiger partial charge in [0.1, 0.15) is 11.6 Å². The summed E-state index contributed by atoms with van der Waals surface area (Å²) in [6, 6.07) is 17.8. The number of hydrogen-bond donors (Lipinski definition) is 1. The lowest BCUT2D eigenvalue weighted by Gasteiger charge is -2.27. The Labute approximate surface area is 198 Å². The summed E-state index contributed by atoms with van der Waals surface area (Å²) in [5.41, 5.74) is 2.27. The largest absolute Gasteiger partial charge is 0.495 e. The minimum atomic E-state index is -1.15. The SMILES string of the molecule is COc1ccc(C)cc1NC(=O)C(OC(=O)c1ccc(N2CCOCC2)nc1)c1ccccc1. The van der Waals surface area contributed by atoms with Crippen LogP contribution in [0.1, 0.15) is 27.6 Å². The number of hydrogen-bond acceptors (Lipinski definition) is 7. The number of aromatic nitrogens is 1. The van der Waals surface area contributed by atoms with E-state index in [1.807, 2.05) is 19.1 Å². The molecule has 0 radical (unpaired) electrons. The molecule has 8 nitrogen and oxygen atoms in total. The molecule has 8 heteroatoms. The quantitative estimate of drug-likeness (QED) is 0.536. The molecule has 1 amide bonds. The lowest BCUT2D eigenvalue weighted by atomic mass is 10.1. The van der Waals surface area contributed by atoms with E-state index in [0.717, 1.165) is 24.5 Å². The van der Waals surface area contributed by atoms with Crippen LogP contribution < -0.4 is 15.0 Å². The molecule has 1 unspecified atom stereocenters. The van der Waals surface area contributed by atoms with E-state index in [1.54, 1.807) is 48.5 Å². The number of anilines is 2. The van der Waals surface area contributed by atoms with Crippen LogP contribution in [0.25, 0.3) is 0 Å². The second-order valence-electron chi connectivity index (χ2n) is 7.89. The highest BCUT2D eigenvalue weighted by molar-refractivity contribution is 5.99. The van der Waals surface area contributed by atoms with Crippen LogP contribution in [0, 0.1) is 6.92 Å². The Morgan fingerprint density at radius 1 is 1.06 bits per heavy atom. The van der Waals surface area contributed by atoms with Crippen LogP contribution in [0.5, 0.6) is 5.75 Å². The number of amides is 1. The van der Waals surface area contributed by atoms with E-state index >= 15 is 0 Å². The molecule has 34 heavy (non-hydrogen) atoms. The molecule has 176 valence electrons. The maximum Gasteiger partial charge on any atom is 0.340 e. The fraction of sp³-hybridized carbons (Fsp3) is 0.269. The Morgan fingerprint density at radius 3 is 2.50 bits per heavy atom. The number of nitrogens with one attached hydrogen (secondary N) is 1. The van der Waals surface area contributed by atoms with Gasteiger partial charge in [-0.15, -0.1) is 0 Å². The fourth-order valence-electron chi connectivity index (χ4n) is 3.68. The van der Waals surface area contributed by atoms with Crippen LogP contribution in [0.4, 0.5) is 11.5 Å². The summed E-state index contributed by atoms with van der Waals surface area (Å²) in [7, 11) is 1.53. The van der Waals surface area contributed by atoms with Crippen LogP contribution >= 0.6 is 0 Å². The molecule has 1 aliphatic heterocycles. The molecule has 0 aliphatic carbocycles. The number of aryl methyl sites for hydroxylation is 1. The first-order valence-corrected chi connectivity index (χ1v) is 11.1. The number of nitrogens with zero attached hydrogens (tertiary/aromatic N) is 2. The molecule has 1 aromatic heterocycles. The zero-order chi connectivity index (χ0) is 23.9. The zero-order valence-corrected chi connectivity index (χ0v) is 19.2. The summed E-state index contributed by atoms with van der Waals surface area (Å²) < 4.78 is 16.4. The number of morpholine rings is 1. The van der Waals surface area contributed by atoms with Crippen molar-refractivity contribution in [1.82, 2.24) is 4.98 Å². The van der Waals surface area contributed by atoms with E-state index in [-0.39, 0.29) is 5.56 Å². The molecule has 3 aromatic rings. The van der Waals surface area contributed by atoms with Gasteiger partial charge >= 0.3 is 5.97 Å². The van der Waals surface area contributed by atoms with Gasteiger partial charge in [-0.05, 0) is 36.8 Å². The Kier molecular flexibility index (Phi) is 7.39. The van der Waals surface area contributed by atoms with Gasteiger partial charge in [-0.1, -0.05) is 36.4 Å². The summed E-state index contributed by atoms with van der Waals surface area (Å²) in [5, 5.41) is 2.83. The molecule has 0 bridgehead atoms. The molecule has 4 rings (SSSR count). The highest BCUT2D eigenvalue weighted by Gasteiger charge is 2.27. The van der Waals surface area contributed by atoms with Crippen LogP contribution in [0.3, 0.4) is 0 Å². The minimum Gasteiger partial charge on any atom is -0.495 e. The summed E-state index contributed by atoms with van der Waals surface area (Å²) >= 11 is 0. The van der Waals surface area contributed by atoms with Crippen molar-refractivity contribution in [1.29, 1.82) is 0 Å². The third-order valence-corrected chi connectivity index (χ3v) is 5.50. The van der Waals surface area contributed by atoms with Crippen LogP contribution in [-0.4, -0.2) is 50.3 Å². The molecule has 0 spiro atoms. The number of carbonyl (C=O) groups excluding carboxylic acids is 2. The average Bonchev–Trinajstić information content (AvgIpc) is 2.88. The van der Waals surface area contributed by atoms with E-state index in [0.29, 0.717) is 30.2 Å². The van der Waals surface area contributed by atoms with Gasteiger partial charge in [-0.3, -0.25) is 4.79 Å². The van der Waals surface area contributed by atoms with Crippen molar-refractivity contribution in [2.45, 2.75) is 13.0 Å². The molecule has 2 heterocycles. The van der Waals surface area contributed by atoms with E-state index in [2.05, 4.69) is 15.2 Å². The van der Waals surface area contributed by atoms with Gasteiger partial charge in [0.15, 0.2) is 0 Å². The van der Waals surface area contributed by atoms with Crippen molar-refractivity contribution in [3.8, 4) is 5.75 Å². The number of benzene rings is 2. The number of esters is 1. The molecular weight excluding hydrogens is 434 g/mol. The predicted molar refractivity (Wildman–Crippen MR) is 128 cm³/mol. The zero-order valence-electron chi connectivity index (χ0n) is 19.2. The Bertz CT molecular complexity index is 1130. The molecular formula is C26H27N3O5. The fourth-order valence-corrected chi connectivity index (χ4v) is 3.68. The first-order chi connectivity index (χ1) is 16.5. The highest BCUT2D eigenvalue weighted by Crippen LogP contribution is 2.28. The number of carbonyl (C=O) groups is 2. The topological polar surface area (TPSA) is 90.0 Å². The molecule has 0 saturated carbocycles. The van der Waals surface area contributed by atoms with Crippen LogP contribution in [0.15, 0.2) is 66.9 Å². The van der Waals surface area contributed by atoms with Crippen LogP contribution in [-0.2, 0) is 14.3 Å². The summed E-state index contributed by atoms with van der Waals surface area (Å²) in [6.07, 6.45) is 0.314. The average molecular weight is 462 g/mol. The summed E-state index contributed by atoms with van der Waals surface area (Å²) in [4.78, 5) is 32.7. The van der Waals surface area contributed by atoms with Crippen molar-refractivity contribution in [2.75, 3.05) is 43.6 Å². The van der Waals surface area contributed by atoms with Gasteiger partial charge in [0.25, 0.3) is 5.91 Å².